The normalized spacial score (nSPS) is 10.4. The Morgan fingerprint density at radius 3 is 2.78 bits per heavy atom. The average Bonchev–Trinajstić information content (AvgIpc) is 2.41. The van der Waals surface area contributed by atoms with Crippen LogP contribution in [0.5, 0.6) is 0 Å². The lowest BCUT2D eigenvalue weighted by molar-refractivity contribution is 0.938. The third-order valence-electron chi connectivity index (χ3n) is 2.30. The molecule has 5 nitrogen and oxygen atoms in total. The van der Waals surface area contributed by atoms with Gasteiger partial charge in [-0.15, -0.1) is 0 Å². The number of hydrazine groups is 1. The number of nitrogens with one attached hydrogen (secondary N) is 1. The van der Waals surface area contributed by atoms with Crippen molar-refractivity contribution in [1.29, 1.82) is 0 Å². The molecule has 0 bridgehead atoms. The van der Waals surface area contributed by atoms with E-state index < -0.39 is 0 Å². The third-order valence-corrected chi connectivity index (χ3v) is 3.52. The van der Waals surface area contributed by atoms with Gasteiger partial charge in [0.15, 0.2) is 0 Å². The van der Waals surface area contributed by atoms with E-state index in [-0.39, 0.29) is 0 Å². The van der Waals surface area contributed by atoms with E-state index in [4.69, 9.17) is 17.4 Å². The average molecular weight is 282 g/mol. The van der Waals surface area contributed by atoms with Gasteiger partial charge in [-0.1, -0.05) is 18.5 Å². The summed E-state index contributed by atoms with van der Waals surface area (Å²) in [6.45, 7) is 2.03. The highest BCUT2D eigenvalue weighted by molar-refractivity contribution is 7.99. The van der Waals surface area contributed by atoms with Crippen molar-refractivity contribution < 1.29 is 0 Å². The molecular formula is C11H12ClN5S. The van der Waals surface area contributed by atoms with E-state index in [9.17, 15) is 0 Å². The van der Waals surface area contributed by atoms with Gasteiger partial charge in [0.1, 0.15) is 22.2 Å². The Kier molecular flexibility index (Phi) is 4.35. The fourth-order valence-electron chi connectivity index (χ4n) is 1.45. The largest absolute Gasteiger partial charge is 0.308 e. The van der Waals surface area contributed by atoms with Crippen molar-refractivity contribution in [2.45, 2.75) is 23.4 Å². The van der Waals surface area contributed by atoms with Gasteiger partial charge in [0.05, 0.1) is 5.02 Å². The molecule has 0 spiro atoms. The topological polar surface area (TPSA) is 76.7 Å². The SMILES string of the molecule is CCc1c(NN)ncnc1Sc1ccc(Cl)cn1. The number of rotatable bonds is 4. The molecule has 0 atom stereocenters. The smallest absolute Gasteiger partial charge is 0.147 e. The number of hydrogen-bond acceptors (Lipinski definition) is 6. The molecular weight excluding hydrogens is 270 g/mol. The molecule has 0 fully saturated rings. The Morgan fingerprint density at radius 2 is 2.17 bits per heavy atom. The summed E-state index contributed by atoms with van der Waals surface area (Å²) in [5, 5.41) is 2.29. The van der Waals surface area contributed by atoms with Crippen LogP contribution in [0, 0.1) is 0 Å². The summed E-state index contributed by atoms with van der Waals surface area (Å²) in [4.78, 5) is 12.6. The number of nitrogen functional groups attached to an aromatic ring is 1. The molecule has 0 saturated heterocycles. The molecule has 2 heterocycles. The number of pyridine rings is 1. The zero-order valence-corrected chi connectivity index (χ0v) is 11.3. The standard InChI is InChI=1S/C11H12ClN5S/c1-2-8-10(17-13)15-6-16-11(8)18-9-4-3-7(12)5-14-9/h3-6H,2,13H2,1H3,(H,15,16,17). The van der Waals surface area contributed by atoms with Crippen LogP contribution in [0.2, 0.25) is 5.02 Å². The zero-order chi connectivity index (χ0) is 13.0. The molecule has 0 radical (unpaired) electrons. The summed E-state index contributed by atoms with van der Waals surface area (Å²) in [5.41, 5.74) is 3.55. The van der Waals surface area contributed by atoms with Gasteiger partial charge in [-0.2, -0.15) is 0 Å². The van der Waals surface area contributed by atoms with Crippen LogP contribution in [0.25, 0.3) is 0 Å². The Hall–Kier alpha value is -1.37. The van der Waals surface area contributed by atoms with E-state index in [2.05, 4.69) is 20.4 Å². The lowest BCUT2D eigenvalue weighted by Crippen LogP contribution is -2.12. The lowest BCUT2D eigenvalue weighted by atomic mass is 10.2. The molecule has 2 rings (SSSR count). The molecule has 3 N–H and O–H groups in total. The third kappa shape index (κ3) is 2.90. The quantitative estimate of drug-likeness (QED) is 0.509. The minimum Gasteiger partial charge on any atom is -0.308 e. The van der Waals surface area contributed by atoms with Crippen LogP contribution in [0.4, 0.5) is 5.82 Å². The van der Waals surface area contributed by atoms with Crippen LogP contribution in [0.1, 0.15) is 12.5 Å². The van der Waals surface area contributed by atoms with Gasteiger partial charge in [0, 0.05) is 11.8 Å². The summed E-state index contributed by atoms with van der Waals surface area (Å²) in [6, 6.07) is 3.65. The van der Waals surface area contributed by atoms with E-state index >= 15 is 0 Å². The van der Waals surface area contributed by atoms with Gasteiger partial charge in [-0.05, 0) is 30.3 Å². The van der Waals surface area contributed by atoms with E-state index in [1.54, 1.807) is 12.3 Å². The number of aromatic nitrogens is 3. The Labute approximate surface area is 114 Å². The highest BCUT2D eigenvalue weighted by Crippen LogP contribution is 2.30. The van der Waals surface area contributed by atoms with Gasteiger partial charge in [-0.3, -0.25) is 0 Å². The van der Waals surface area contributed by atoms with Crippen molar-refractivity contribution in [1.82, 2.24) is 15.0 Å². The van der Waals surface area contributed by atoms with Crippen molar-refractivity contribution in [3.63, 3.8) is 0 Å². The predicted octanol–water partition coefficient (Wildman–Crippen LogP) is 2.52. The van der Waals surface area contributed by atoms with E-state index in [0.717, 1.165) is 22.0 Å². The van der Waals surface area contributed by atoms with Crippen molar-refractivity contribution in [2.75, 3.05) is 5.43 Å². The maximum Gasteiger partial charge on any atom is 0.147 e. The second kappa shape index (κ2) is 5.99. The van der Waals surface area contributed by atoms with E-state index in [0.29, 0.717) is 10.8 Å². The van der Waals surface area contributed by atoms with Crippen molar-refractivity contribution in [2.24, 2.45) is 5.84 Å². The first-order chi connectivity index (χ1) is 8.74. The summed E-state index contributed by atoms with van der Waals surface area (Å²) in [5.74, 6) is 6.07. The van der Waals surface area contributed by atoms with Crippen LogP contribution in [0.15, 0.2) is 34.7 Å². The van der Waals surface area contributed by atoms with Gasteiger partial charge in [0.25, 0.3) is 0 Å². The number of hydrogen-bond donors (Lipinski definition) is 2. The maximum atomic E-state index is 5.80. The number of nitrogens with two attached hydrogens (primary N) is 1. The monoisotopic (exact) mass is 281 g/mol. The van der Waals surface area contributed by atoms with Crippen molar-refractivity contribution >= 4 is 29.2 Å². The molecule has 94 valence electrons. The molecule has 0 saturated carbocycles. The molecule has 0 aliphatic carbocycles. The first-order valence-corrected chi connectivity index (χ1v) is 6.54. The first-order valence-electron chi connectivity index (χ1n) is 5.34. The van der Waals surface area contributed by atoms with Crippen LogP contribution < -0.4 is 11.3 Å². The van der Waals surface area contributed by atoms with Crippen molar-refractivity contribution in [3.8, 4) is 0 Å². The summed E-state index contributed by atoms with van der Waals surface area (Å²) >= 11 is 7.26. The molecule has 0 amide bonds. The van der Waals surface area contributed by atoms with Crippen LogP contribution in [0.3, 0.4) is 0 Å². The zero-order valence-electron chi connectivity index (χ0n) is 9.72. The summed E-state index contributed by atoms with van der Waals surface area (Å²) in [7, 11) is 0. The predicted molar refractivity (Wildman–Crippen MR) is 72.6 cm³/mol. The van der Waals surface area contributed by atoms with Gasteiger partial charge in [0.2, 0.25) is 0 Å². The van der Waals surface area contributed by atoms with Crippen molar-refractivity contribution in [3.05, 3.63) is 35.2 Å². The maximum absolute atomic E-state index is 5.80. The molecule has 2 aromatic heterocycles. The van der Waals surface area contributed by atoms with Gasteiger partial charge >= 0.3 is 0 Å². The first kappa shape index (κ1) is 13.1. The summed E-state index contributed by atoms with van der Waals surface area (Å²) < 4.78 is 0. The van der Waals surface area contributed by atoms with Gasteiger partial charge in [-0.25, -0.2) is 20.8 Å². The highest BCUT2D eigenvalue weighted by atomic mass is 35.5. The van der Waals surface area contributed by atoms with Gasteiger partial charge < -0.3 is 5.43 Å². The number of nitrogens with zero attached hydrogens (tertiary/aromatic N) is 3. The molecule has 0 aromatic carbocycles. The second-order valence-electron chi connectivity index (χ2n) is 3.42. The summed E-state index contributed by atoms with van der Waals surface area (Å²) in [6.07, 6.45) is 3.88. The Balaban J connectivity index is 2.31. The fourth-order valence-corrected chi connectivity index (χ4v) is 2.46. The minimum atomic E-state index is 0.613. The molecule has 0 aliphatic rings. The Morgan fingerprint density at radius 1 is 1.33 bits per heavy atom. The highest BCUT2D eigenvalue weighted by Gasteiger charge is 2.10. The second-order valence-corrected chi connectivity index (χ2v) is 4.87. The number of anilines is 1. The molecule has 7 heteroatoms. The molecule has 0 unspecified atom stereocenters. The molecule has 2 aromatic rings. The van der Waals surface area contributed by atoms with Crippen LogP contribution >= 0.6 is 23.4 Å². The number of halogens is 1. The van der Waals surface area contributed by atoms with E-state index in [1.165, 1.54) is 18.1 Å². The van der Waals surface area contributed by atoms with E-state index in [1.807, 2.05) is 13.0 Å². The van der Waals surface area contributed by atoms with Crippen LogP contribution in [-0.2, 0) is 6.42 Å². The molecule has 0 aliphatic heterocycles. The Bertz CT molecular complexity index is 531. The molecule has 18 heavy (non-hydrogen) atoms. The minimum absolute atomic E-state index is 0.613. The fraction of sp³-hybridized carbons (Fsp3) is 0.182. The lowest BCUT2D eigenvalue weighted by Gasteiger charge is -2.09. The van der Waals surface area contributed by atoms with Crippen LogP contribution in [-0.4, -0.2) is 15.0 Å².